The second-order valence-corrected chi connectivity index (χ2v) is 7.52. The Morgan fingerprint density at radius 1 is 1.28 bits per heavy atom. The first kappa shape index (κ1) is 17.9. The molecule has 29 heavy (non-hydrogen) atoms. The zero-order chi connectivity index (χ0) is 20.1. The van der Waals surface area contributed by atoms with Gasteiger partial charge in [0.05, 0.1) is 18.3 Å². The molecule has 0 radical (unpaired) electrons. The largest absolute Gasteiger partial charge is 0.394 e. The zero-order valence-corrected chi connectivity index (χ0v) is 15.3. The lowest BCUT2D eigenvalue weighted by Crippen LogP contribution is -2.31. The van der Waals surface area contributed by atoms with E-state index in [0.717, 1.165) is 29.3 Å². The van der Waals surface area contributed by atoms with Crippen molar-refractivity contribution in [3.63, 3.8) is 0 Å². The highest BCUT2D eigenvalue weighted by Crippen LogP contribution is 2.57. The van der Waals surface area contributed by atoms with E-state index in [1.165, 1.54) is 16.8 Å². The highest BCUT2D eigenvalue weighted by Gasteiger charge is 2.50. The number of carbonyl (C=O) groups excluding carboxylic acids is 1. The molecule has 2 N–H and O–H groups in total. The number of fused-ring (bicyclic) bond motifs is 3. The highest BCUT2D eigenvalue weighted by molar-refractivity contribution is 5.94. The molecule has 0 unspecified atom stereocenters. The number of rotatable bonds is 5. The van der Waals surface area contributed by atoms with E-state index < -0.39 is 23.6 Å². The summed E-state index contributed by atoms with van der Waals surface area (Å²) in [6.45, 7) is -0.281. The van der Waals surface area contributed by atoms with Crippen LogP contribution in [0.3, 0.4) is 0 Å². The summed E-state index contributed by atoms with van der Waals surface area (Å²) in [5.41, 5.74) is 2.71. The van der Waals surface area contributed by atoms with E-state index in [-0.39, 0.29) is 23.9 Å². The minimum absolute atomic E-state index is 0.127. The van der Waals surface area contributed by atoms with Gasteiger partial charge in [0.1, 0.15) is 11.5 Å². The van der Waals surface area contributed by atoms with Crippen molar-refractivity contribution in [2.75, 3.05) is 6.61 Å². The first-order chi connectivity index (χ1) is 14.1. The fourth-order valence-electron chi connectivity index (χ4n) is 4.19. The number of benzene rings is 1. The molecule has 148 valence electrons. The van der Waals surface area contributed by atoms with Gasteiger partial charge in [-0.3, -0.25) is 9.78 Å². The summed E-state index contributed by atoms with van der Waals surface area (Å²) in [4.78, 5) is 16.9. The van der Waals surface area contributed by atoms with E-state index in [1.54, 1.807) is 24.5 Å². The number of halogens is 2. The van der Waals surface area contributed by atoms with E-state index in [1.807, 2.05) is 0 Å². The van der Waals surface area contributed by atoms with Crippen LogP contribution in [-0.4, -0.2) is 32.4 Å². The van der Waals surface area contributed by atoms with Crippen molar-refractivity contribution in [1.82, 2.24) is 20.1 Å². The molecule has 2 aromatic heterocycles. The molecule has 0 saturated heterocycles. The van der Waals surface area contributed by atoms with E-state index in [2.05, 4.69) is 15.4 Å². The molecular weight excluding hydrogens is 378 g/mol. The minimum atomic E-state index is -0.726. The third kappa shape index (κ3) is 3.00. The van der Waals surface area contributed by atoms with Crippen LogP contribution in [0.15, 0.2) is 42.7 Å². The number of carbonyl (C=O) groups is 1. The molecule has 5 rings (SSSR count). The van der Waals surface area contributed by atoms with E-state index in [4.69, 9.17) is 0 Å². The minimum Gasteiger partial charge on any atom is -0.394 e. The van der Waals surface area contributed by atoms with Crippen molar-refractivity contribution in [2.45, 2.75) is 24.8 Å². The van der Waals surface area contributed by atoms with Crippen molar-refractivity contribution >= 4 is 5.91 Å². The van der Waals surface area contributed by atoms with Gasteiger partial charge in [0.15, 0.2) is 11.5 Å². The molecule has 2 aliphatic carbocycles. The zero-order valence-electron chi connectivity index (χ0n) is 15.3. The van der Waals surface area contributed by atoms with Crippen LogP contribution in [0.2, 0.25) is 0 Å². The van der Waals surface area contributed by atoms with Crippen LogP contribution in [-0.2, 0) is 6.42 Å². The summed E-state index contributed by atoms with van der Waals surface area (Å²) in [6, 6.07) is 6.15. The van der Waals surface area contributed by atoms with E-state index in [9.17, 15) is 18.7 Å². The van der Waals surface area contributed by atoms with E-state index in [0.29, 0.717) is 12.3 Å². The molecule has 8 heteroatoms. The molecule has 2 heterocycles. The number of aliphatic hydroxyl groups is 1. The second-order valence-electron chi connectivity index (χ2n) is 7.52. The quantitative estimate of drug-likeness (QED) is 0.695. The average molecular weight is 396 g/mol. The summed E-state index contributed by atoms with van der Waals surface area (Å²) < 4.78 is 29.2. The summed E-state index contributed by atoms with van der Waals surface area (Å²) in [5.74, 6) is -1.13. The molecule has 1 saturated carbocycles. The number of aromatic nitrogens is 3. The lowest BCUT2D eigenvalue weighted by molar-refractivity contribution is 0.0909. The Hall–Kier alpha value is -3.13. The summed E-state index contributed by atoms with van der Waals surface area (Å²) in [6.07, 6.45) is 4.87. The van der Waals surface area contributed by atoms with Crippen LogP contribution in [0.1, 0.15) is 45.7 Å². The number of aliphatic hydroxyl groups excluding tert-OH is 1. The van der Waals surface area contributed by atoms with Gasteiger partial charge in [-0.2, -0.15) is 5.10 Å². The predicted octanol–water partition coefficient (Wildman–Crippen LogP) is 2.67. The Morgan fingerprint density at radius 2 is 2.07 bits per heavy atom. The smallest absolute Gasteiger partial charge is 0.272 e. The van der Waals surface area contributed by atoms with Crippen LogP contribution in [0.25, 0.3) is 5.69 Å². The standard InChI is InChI=1S/C21H18F2N4O2/c22-13-1-2-18(16(23)9-13)27-20-14-7-12(14)8-15(20)19(26-27)21(29)25-17(10-28)11-3-5-24-6-4-11/h1-6,9,12,14,17,28H,7-8,10H2,(H,25,29)/t12-,14-,17-/m1/s1. The van der Waals surface area contributed by atoms with Crippen molar-refractivity contribution in [3.8, 4) is 5.69 Å². The number of pyridine rings is 1. The third-order valence-electron chi connectivity index (χ3n) is 5.71. The molecule has 6 nitrogen and oxygen atoms in total. The van der Waals surface area contributed by atoms with Crippen molar-refractivity contribution in [2.24, 2.45) is 5.92 Å². The number of hydrogen-bond donors (Lipinski definition) is 2. The summed E-state index contributed by atoms with van der Waals surface area (Å²) >= 11 is 0. The van der Waals surface area contributed by atoms with Gasteiger partial charge >= 0.3 is 0 Å². The van der Waals surface area contributed by atoms with Gasteiger partial charge in [0, 0.05) is 29.9 Å². The number of nitrogens with zero attached hydrogens (tertiary/aromatic N) is 3. The Bertz CT molecular complexity index is 1100. The first-order valence-electron chi connectivity index (χ1n) is 9.45. The number of hydrogen-bond acceptors (Lipinski definition) is 4. The van der Waals surface area contributed by atoms with Crippen molar-refractivity contribution in [3.05, 3.63) is 76.9 Å². The summed E-state index contributed by atoms with van der Waals surface area (Å²) in [7, 11) is 0. The maximum atomic E-state index is 14.4. The van der Waals surface area contributed by atoms with Crippen molar-refractivity contribution in [1.29, 1.82) is 0 Å². The predicted molar refractivity (Wildman–Crippen MR) is 99.6 cm³/mol. The van der Waals surface area contributed by atoms with Gasteiger partial charge in [0.25, 0.3) is 5.91 Å². The van der Waals surface area contributed by atoms with Gasteiger partial charge in [0.2, 0.25) is 0 Å². The molecule has 1 aromatic carbocycles. The van der Waals surface area contributed by atoms with Gasteiger partial charge in [-0.15, -0.1) is 0 Å². The van der Waals surface area contributed by atoms with Gasteiger partial charge < -0.3 is 10.4 Å². The maximum absolute atomic E-state index is 14.4. The number of amides is 1. The van der Waals surface area contributed by atoms with E-state index >= 15 is 0 Å². The third-order valence-corrected chi connectivity index (χ3v) is 5.71. The van der Waals surface area contributed by atoms with Crippen LogP contribution >= 0.6 is 0 Å². The normalized spacial score (nSPS) is 20.1. The van der Waals surface area contributed by atoms with Gasteiger partial charge in [-0.05, 0) is 48.6 Å². The Kier molecular flexibility index (Phi) is 4.16. The summed E-state index contributed by atoms with van der Waals surface area (Å²) in [5, 5.41) is 16.9. The SMILES string of the molecule is O=C(N[C@H](CO)c1ccncc1)c1nn(-c2ccc(F)cc2F)c2c1C[C@H]1C[C@@H]21. The van der Waals surface area contributed by atoms with Crippen LogP contribution < -0.4 is 5.32 Å². The van der Waals surface area contributed by atoms with Gasteiger partial charge in [-0.25, -0.2) is 13.5 Å². The maximum Gasteiger partial charge on any atom is 0.272 e. The van der Waals surface area contributed by atoms with Crippen LogP contribution in [0, 0.1) is 17.6 Å². The molecule has 2 aliphatic rings. The molecule has 0 aliphatic heterocycles. The molecule has 1 fully saturated rings. The average Bonchev–Trinajstić information content (AvgIpc) is 3.23. The molecule has 0 bridgehead atoms. The topological polar surface area (TPSA) is 80.0 Å². The van der Waals surface area contributed by atoms with Crippen LogP contribution in [0.4, 0.5) is 8.78 Å². The second kappa shape index (κ2) is 6.73. The lowest BCUT2D eigenvalue weighted by atomic mass is 10.1. The Labute approximate surface area is 165 Å². The fourth-order valence-corrected chi connectivity index (χ4v) is 4.19. The monoisotopic (exact) mass is 396 g/mol. The molecule has 3 atom stereocenters. The Balaban J connectivity index is 1.51. The van der Waals surface area contributed by atoms with Gasteiger partial charge in [-0.1, -0.05) is 0 Å². The highest BCUT2D eigenvalue weighted by atomic mass is 19.1. The molecule has 1 amide bonds. The van der Waals surface area contributed by atoms with Crippen molar-refractivity contribution < 1.29 is 18.7 Å². The fraction of sp³-hybridized carbons (Fsp3) is 0.286. The number of nitrogens with one attached hydrogen (secondary N) is 1. The molecular formula is C21H18F2N4O2. The molecule has 3 aromatic rings. The first-order valence-corrected chi connectivity index (χ1v) is 9.45. The van der Waals surface area contributed by atoms with Crippen LogP contribution in [0.5, 0.6) is 0 Å². The Morgan fingerprint density at radius 3 is 2.79 bits per heavy atom. The lowest BCUT2D eigenvalue weighted by Gasteiger charge is -2.16. The molecule has 0 spiro atoms.